The number of hydrogen-bond donors (Lipinski definition) is 1. The number of fused-ring (bicyclic) bond motifs is 1. The van der Waals surface area contributed by atoms with Crippen molar-refractivity contribution >= 4 is 11.6 Å². The van der Waals surface area contributed by atoms with Gasteiger partial charge in [-0.3, -0.25) is 9.59 Å². The lowest BCUT2D eigenvalue weighted by Gasteiger charge is -2.43. The average Bonchev–Trinajstić information content (AvgIpc) is 2.90. The van der Waals surface area contributed by atoms with Crippen molar-refractivity contribution < 1.29 is 19.4 Å². The van der Waals surface area contributed by atoms with E-state index < -0.39 is 6.10 Å². The third-order valence-corrected chi connectivity index (χ3v) is 6.08. The predicted octanol–water partition coefficient (Wildman–Crippen LogP) is 3.65. The first kappa shape index (κ1) is 18.1. The van der Waals surface area contributed by atoms with Crippen molar-refractivity contribution in [2.45, 2.75) is 71.0 Å². The van der Waals surface area contributed by atoms with Crippen LogP contribution in [0.1, 0.15) is 59.3 Å². The molecule has 25 heavy (non-hydrogen) atoms. The number of ether oxygens (including phenoxy) is 1. The fraction of sp³-hybridized carbons (Fsp3) is 0.619. The van der Waals surface area contributed by atoms with Gasteiger partial charge in [0.25, 0.3) is 0 Å². The lowest BCUT2D eigenvalue weighted by atomic mass is 9.73. The maximum Gasteiger partial charge on any atom is 0.190 e. The van der Waals surface area contributed by atoms with Crippen molar-refractivity contribution in [2.24, 2.45) is 11.8 Å². The Morgan fingerprint density at radius 2 is 2.24 bits per heavy atom. The Bertz CT molecular complexity index is 684. The van der Waals surface area contributed by atoms with Crippen LogP contribution in [0.15, 0.2) is 35.1 Å². The van der Waals surface area contributed by atoms with Gasteiger partial charge in [0.15, 0.2) is 11.6 Å². The minimum Gasteiger partial charge on any atom is -0.491 e. The molecule has 1 heterocycles. The standard InChI is InChI=1S/C21H28O4/c1-12(2)17(22)6-5-13(3)14-9-10-21(4)16(14)11-15-19(25-21)8-7-18(23)20(15)24/h9,13,16,18,23H,1,5-8,10-11H2,2-4H3. The molecular weight excluding hydrogens is 316 g/mol. The van der Waals surface area contributed by atoms with E-state index in [0.717, 1.165) is 18.6 Å². The van der Waals surface area contributed by atoms with Gasteiger partial charge >= 0.3 is 0 Å². The third kappa shape index (κ3) is 3.24. The molecule has 1 aliphatic heterocycles. The van der Waals surface area contributed by atoms with Gasteiger partial charge in [0.1, 0.15) is 17.5 Å². The molecule has 0 aromatic heterocycles. The molecule has 0 radical (unpaired) electrons. The zero-order chi connectivity index (χ0) is 18.4. The van der Waals surface area contributed by atoms with E-state index in [-0.39, 0.29) is 29.0 Å². The zero-order valence-electron chi connectivity index (χ0n) is 15.4. The first-order chi connectivity index (χ1) is 11.7. The fourth-order valence-corrected chi connectivity index (χ4v) is 4.38. The monoisotopic (exact) mass is 344 g/mol. The topological polar surface area (TPSA) is 63.6 Å². The molecule has 0 saturated carbocycles. The molecule has 4 heteroatoms. The number of hydrogen-bond acceptors (Lipinski definition) is 4. The second-order valence-electron chi connectivity index (χ2n) is 8.04. The number of aliphatic hydroxyl groups excluding tert-OH is 1. The molecule has 0 amide bonds. The molecule has 4 atom stereocenters. The van der Waals surface area contributed by atoms with E-state index in [1.54, 1.807) is 6.92 Å². The van der Waals surface area contributed by atoms with Crippen LogP contribution in [0.4, 0.5) is 0 Å². The van der Waals surface area contributed by atoms with E-state index in [0.29, 0.717) is 36.8 Å². The third-order valence-electron chi connectivity index (χ3n) is 6.08. The fourth-order valence-electron chi connectivity index (χ4n) is 4.38. The normalized spacial score (nSPS) is 32.5. The van der Waals surface area contributed by atoms with Crippen molar-refractivity contribution in [3.8, 4) is 0 Å². The number of allylic oxidation sites excluding steroid dienone is 2. The van der Waals surface area contributed by atoms with E-state index in [1.165, 1.54) is 5.57 Å². The van der Waals surface area contributed by atoms with Gasteiger partial charge in [-0.25, -0.2) is 0 Å². The number of Topliss-reactive ketones (excluding diaryl/α,β-unsaturated/α-hetero) is 2. The van der Waals surface area contributed by atoms with Crippen LogP contribution in [0.5, 0.6) is 0 Å². The summed E-state index contributed by atoms with van der Waals surface area (Å²) in [6, 6.07) is 0. The van der Waals surface area contributed by atoms with Crippen molar-refractivity contribution in [2.75, 3.05) is 0 Å². The molecule has 0 fully saturated rings. The highest BCUT2D eigenvalue weighted by molar-refractivity contribution is 6.00. The Morgan fingerprint density at radius 3 is 2.92 bits per heavy atom. The Kier molecular flexibility index (Phi) is 4.76. The van der Waals surface area contributed by atoms with Crippen molar-refractivity contribution in [3.63, 3.8) is 0 Å². The summed E-state index contributed by atoms with van der Waals surface area (Å²) in [6.45, 7) is 9.73. The van der Waals surface area contributed by atoms with Crippen LogP contribution in [0.3, 0.4) is 0 Å². The molecule has 0 saturated heterocycles. The van der Waals surface area contributed by atoms with Gasteiger partial charge in [0, 0.05) is 30.8 Å². The summed E-state index contributed by atoms with van der Waals surface area (Å²) in [5, 5.41) is 9.89. The number of carbonyl (C=O) groups is 2. The first-order valence-corrected chi connectivity index (χ1v) is 9.25. The van der Waals surface area contributed by atoms with Gasteiger partial charge in [0.2, 0.25) is 0 Å². The van der Waals surface area contributed by atoms with Crippen LogP contribution in [-0.4, -0.2) is 28.4 Å². The SMILES string of the molecule is C=C(C)C(=O)CCC(C)C1=CCC2(C)OC3=C(CC12)C(=O)C(O)CC3. The maximum atomic E-state index is 12.4. The zero-order valence-corrected chi connectivity index (χ0v) is 15.4. The van der Waals surface area contributed by atoms with Crippen LogP contribution in [0.2, 0.25) is 0 Å². The average molecular weight is 344 g/mol. The molecule has 3 rings (SSSR count). The molecular formula is C21H28O4. The first-order valence-electron chi connectivity index (χ1n) is 9.25. The van der Waals surface area contributed by atoms with Crippen LogP contribution in [0, 0.1) is 11.8 Å². The smallest absolute Gasteiger partial charge is 0.190 e. The molecule has 1 N–H and O–H groups in total. The highest BCUT2D eigenvalue weighted by atomic mass is 16.5. The minimum atomic E-state index is -0.883. The number of carbonyl (C=O) groups excluding carboxylic acids is 2. The van der Waals surface area contributed by atoms with Crippen molar-refractivity contribution in [1.29, 1.82) is 0 Å². The molecule has 0 spiro atoms. The van der Waals surface area contributed by atoms with Gasteiger partial charge in [-0.1, -0.05) is 25.2 Å². The van der Waals surface area contributed by atoms with Gasteiger partial charge in [-0.15, -0.1) is 0 Å². The summed E-state index contributed by atoms with van der Waals surface area (Å²) in [5.41, 5.74) is 2.27. The predicted molar refractivity (Wildman–Crippen MR) is 95.8 cm³/mol. The number of ketones is 2. The van der Waals surface area contributed by atoms with E-state index in [2.05, 4.69) is 26.5 Å². The van der Waals surface area contributed by atoms with Gasteiger partial charge < -0.3 is 9.84 Å². The van der Waals surface area contributed by atoms with Crippen LogP contribution in [-0.2, 0) is 14.3 Å². The maximum absolute atomic E-state index is 12.4. The van der Waals surface area contributed by atoms with Crippen molar-refractivity contribution in [1.82, 2.24) is 0 Å². The quantitative estimate of drug-likeness (QED) is 0.611. The molecule has 0 aromatic carbocycles. The van der Waals surface area contributed by atoms with E-state index in [9.17, 15) is 14.7 Å². The molecule has 0 aromatic rings. The van der Waals surface area contributed by atoms with E-state index >= 15 is 0 Å². The van der Waals surface area contributed by atoms with E-state index in [4.69, 9.17) is 4.74 Å². The Hall–Kier alpha value is -1.68. The summed E-state index contributed by atoms with van der Waals surface area (Å²) >= 11 is 0. The van der Waals surface area contributed by atoms with Gasteiger partial charge in [-0.05, 0) is 44.6 Å². The Morgan fingerprint density at radius 1 is 1.52 bits per heavy atom. The summed E-state index contributed by atoms with van der Waals surface area (Å²) < 4.78 is 6.28. The molecule has 0 bridgehead atoms. The Labute approximate surface area is 149 Å². The highest BCUT2D eigenvalue weighted by Crippen LogP contribution is 2.51. The number of rotatable bonds is 5. The molecule has 4 unspecified atom stereocenters. The molecule has 3 aliphatic rings. The summed E-state index contributed by atoms with van der Waals surface area (Å²) in [4.78, 5) is 24.2. The summed E-state index contributed by atoms with van der Waals surface area (Å²) in [7, 11) is 0. The minimum absolute atomic E-state index is 0.115. The molecule has 4 nitrogen and oxygen atoms in total. The van der Waals surface area contributed by atoms with Gasteiger partial charge in [0.05, 0.1) is 0 Å². The molecule has 2 aliphatic carbocycles. The lowest BCUT2D eigenvalue weighted by molar-refractivity contribution is -0.127. The highest BCUT2D eigenvalue weighted by Gasteiger charge is 2.49. The van der Waals surface area contributed by atoms with Gasteiger partial charge in [-0.2, -0.15) is 0 Å². The molecule has 136 valence electrons. The van der Waals surface area contributed by atoms with E-state index in [1.807, 2.05) is 0 Å². The lowest BCUT2D eigenvalue weighted by Crippen LogP contribution is -2.43. The van der Waals surface area contributed by atoms with Crippen molar-refractivity contribution in [3.05, 3.63) is 35.1 Å². The van der Waals surface area contributed by atoms with Crippen LogP contribution in [0.25, 0.3) is 0 Å². The van der Waals surface area contributed by atoms with Crippen LogP contribution >= 0.6 is 0 Å². The summed E-state index contributed by atoms with van der Waals surface area (Å²) in [6.07, 6.45) is 5.22. The second-order valence-corrected chi connectivity index (χ2v) is 8.04. The largest absolute Gasteiger partial charge is 0.491 e. The summed E-state index contributed by atoms with van der Waals surface area (Å²) in [5.74, 6) is 1.15. The number of aliphatic hydroxyl groups is 1. The Balaban J connectivity index is 1.75. The van der Waals surface area contributed by atoms with Crippen LogP contribution < -0.4 is 0 Å². The second kappa shape index (κ2) is 6.56.